The molecule has 0 saturated carbocycles. The van der Waals surface area contributed by atoms with E-state index in [0.29, 0.717) is 46.1 Å². The number of halogens is 2. The van der Waals surface area contributed by atoms with Crippen molar-refractivity contribution in [1.82, 2.24) is 9.78 Å². The van der Waals surface area contributed by atoms with Gasteiger partial charge in [0.2, 0.25) is 5.88 Å². The van der Waals surface area contributed by atoms with Crippen LogP contribution in [0.3, 0.4) is 0 Å². The van der Waals surface area contributed by atoms with Gasteiger partial charge in [0.05, 0.1) is 28.8 Å². The smallest absolute Gasteiger partial charge is 0.225 e. The van der Waals surface area contributed by atoms with Crippen LogP contribution in [0.2, 0.25) is 10.0 Å². The van der Waals surface area contributed by atoms with Gasteiger partial charge in [0.25, 0.3) is 0 Å². The summed E-state index contributed by atoms with van der Waals surface area (Å²) in [6.45, 7) is 0.320. The van der Waals surface area contributed by atoms with Gasteiger partial charge in [-0.05, 0) is 36.6 Å². The van der Waals surface area contributed by atoms with Crippen LogP contribution in [-0.4, -0.2) is 22.0 Å². The number of benzene rings is 2. The molecule has 6 nitrogen and oxygen atoms in total. The first kappa shape index (κ1) is 21.6. The number of ether oxygens (including phenoxy) is 3. The van der Waals surface area contributed by atoms with Crippen LogP contribution in [0, 0.1) is 0 Å². The molecule has 3 aromatic rings. The van der Waals surface area contributed by atoms with Crippen LogP contribution in [0.5, 0.6) is 23.1 Å². The molecule has 1 N–H and O–H groups in total. The van der Waals surface area contributed by atoms with E-state index in [2.05, 4.69) is 5.10 Å². The average molecular weight is 461 g/mol. The predicted octanol–water partition coefficient (Wildman–Crippen LogP) is 5.95. The minimum Gasteiger partial charge on any atom is -0.497 e. The fraction of sp³-hybridized carbons (Fsp3) is 0.261. The van der Waals surface area contributed by atoms with Crippen LogP contribution in [0.15, 0.2) is 42.5 Å². The van der Waals surface area contributed by atoms with Crippen molar-refractivity contribution in [3.63, 3.8) is 0 Å². The Morgan fingerprint density at radius 3 is 2.61 bits per heavy atom. The highest BCUT2D eigenvalue weighted by atomic mass is 35.5. The molecular formula is C23H22Cl2N2O4. The van der Waals surface area contributed by atoms with Gasteiger partial charge in [-0.25, -0.2) is 4.68 Å². The zero-order chi connectivity index (χ0) is 22.0. The number of fused-ring (bicyclic) bond motifs is 1. The Bertz CT molecular complexity index is 1110. The van der Waals surface area contributed by atoms with Gasteiger partial charge >= 0.3 is 0 Å². The van der Waals surface area contributed by atoms with Crippen LogP contribution >= 0.6 is 23.2 Å². The maximum Gasteiger partial charge on any atom is 0.225 e. The second-order valence-corrected chi connectivity index (χ2v) is 7.99. The van der Waals surface area contributed by atoms with Gasteiger partial charge in [-0.3, -0.25) is 0 Å². The quantitative estimate of drug-likeness (QED) is 0.492. The summed E-state index contributed by atoms with van der Waals surface area (Å²) in [7, 11) is 3.38. The Morgan fingerprint density at radius 1 is 1.13 bits per heavy atom. The third kappa shape index (κ3) is 4.66. The maximum atomic E-state index is 10.3. The molecule has 1 unspecified atom stereocenters. The molecule has 0 radical (unpaired) electrons. The van der Waals surface area contributed by atoms with E-state index in [-0.39, 0.29) is 0 Å². The van der Waals surface area contributed by atoms with E-state index in [4.69, 9.17) is 37.4 Å². The Hall–Kier alpha value is -2.67. The molecule has 8 heteroatoms. The van der Waals surface area contributed by atoms with E-state index in [9.17, 15) is 5.11 Å². The maximum absolute atomic E-state index is 10.3. The Kier molecular flexibility index (Phi) is 6.41. The molecule has 1 atom stereocenters. The Morgan fingerprint density at radius 2 is 1.87 bits per heavy atom. The monoisotopic (exact) mass is 460 g/mol. The highest BCUT2D eigenvalue weighted by molar-refractivity contribution is 6.36. The summed E-state index contributed by atoms with van der Waals surface area (Å²) in [5.41, 5.74) is 2.29. The molecule has 1 aromatic heterocycles. The van der Waals surface area contributed by atoms with E-state index in [1.54, 1.807) is 31.0 Å². The molecule has 2 aromatic carbocycles. The van der Waals surface area contributed by atoms with Gasteiger partial charge in [-0.15, -0.1) is 0 Å². The Labute approximate surface area is 190 Å². The number of rotatable bonds is 6. The molecule has 1 aliphatic rings. The molecule has 0 amide bonds. The van der Waals surface area contributed by atoms with Crippen LogP contribution in [0.4, 0.5) is 0 Å². The summed E-state index contributed by atoms with van der Waals surface area (Å²) >= 11 is 12.7. The van der Waals surface area contributed by atoms with Gasteiger partial charge in [-0.2, -0.15) is 5.10 Å². The lowest BCUT2D eigenvalue weighted by Gasteiger charge is -2.13. The standard InChI is InChI=1S/C23H22Cl2N2O4/c1-27-23(16-5-3-4-6-19(28)22(16)26-27)31-21-12-20(17(24)11-18(21)25)30-13-14-7-9-15(29-2)10-8-14/h3,5,7-12,19,28H,4,6,13H2,1-2H3. The van der Waals surface area contributed by atoms with Gasteiger partial charge in [0.1, 0.15) is 23.8 Å². The number of aliphatic hydroxyl groups is 1. The second kappa shape index (κ2) is 9.22. The normalized spacial score (nSPS) is 15.3. The van der Waals surface area contributed by atoms with Crippen LogP contribution in [0.25, 0.3) is 6.08 Å². The van der Waals surface area contributed by atoms with Crippen molar-refractivity contribution in [1.29, 1.82) is 0 Å². The van der Waals surface area contributed by atoms with Crippen molar-refractivity contribution >= 4 is 29.3 Å². The average Bonchev–Trinajstić information content (AvgIpc) is 2.96. The van der Waals surface area contributed by atoms with E-state index in [1.165, 1.54) is 0 Å². The molecule has 1 heterocycles. The van der Waals surface area contributed by atoms with Crippen LogP contribution in [-0.2, 0) is 13.7 Å². The van der Waals surface area contributed by atoms with Crippen molar-refractivity contribution in [2.24, 2.45) is 7.05 Å². The first-order valence-electron chi connectivity index (χ1n) is 9.80. The second-order valence-electron chi connectivity index (χ2n) is 7.18. The highest BCUT2D eigenvalue weighted by Crippen LogP contribution is 2.41. The van der Waals surface area contributed by atoms with Crippen molar-refractivity contribution < 1.29 is 19.3 Å². The summed E-state index contributed by atoms with van der Waals surface area (Å²) in [4.78, 5) is 0. The van der Waals surface area contributed by atoms with Gasteiger partial charge in [0, 0.05) is 13.1 Å². The fourth-order valence-corrected chi connectivity index (χ4v) is 3.82. The van der Waals surface area contributed by atoms with Gasteiger partial charge < -0.3 is 19.3 Å². The Balaban J connectivity index is 1.58. The number of aryl methyl sites for hydroxylation is 1. The lowest BCUT2D eigenvalue weighted by atomic mass is 10.1. The number of aromatic nitrogens is 2. The first-order chi connectivity index (χ1) is 15.0. The van der Waals surface area contributed by atoms with E-state index < -0.39 is 6.10 Å². The van der Waals surface area contributed by atoms with Gasteiger partial charge in [0.15, 0.2) is 5.75 Å². The van der Waals surface area contributed by atoms with Crippen molar-refractivity contribution in [2.45, 2.75) is 25.6 Å². The lowest BCUT2D eigenvalue weighted by Crippen LogP contribution is -2.00. The van der Waals surface area contributed by atoms with E-state index >= 15 is 0 Å². The number of allylic oxidation sites excluding steroid dienone is 1. The topological polar surface area (TPSA) is 65.7 Å². The molecule has 0 spiro atoms. The minimum absolute atomic E-state index is 0.320. The molecule has 162 valence electrons. The zero-order valence-corrected chi connectivity index (χ0v) is 18.7. The molecular weight excluding hydrogens is 439 g/mol. The SMILES string of the molecule is COc1ccc(COc2cc(Oc3c4c(nn3C)C(O)CCC=C4)c(Cl)cc2Cl)cc1. The largest absolute Gasteiger partial charge is 0.497 e. The molecule has 4 rings (SSSR count). The number of hydrogen-bond donors (Lipinski definition) is 1. The number of methoxy groups -OCH3 is 1. The van der Waals surface area contributed by atoms with Crippen LogP contribution < -0.4 is 14.2 Å². The molecule has 0 saturated heterocycles. The first-order valence-corrected chi connectivity index (χ1v) is 10.6. The molecule has 31 heavy (non-hydrogen) atoms. The molecule has 0 aliphatic heterocycles. The lowest BCUT2D eigenvalue weighted by molar-refractivity contribution is 0.163. The summed E-state index contributed by atoms with van der Waals surface area (Å²) in [6, 6.07) is 10.8. The van der Waals surface area contributed by atoms with E-state index in [1.807, 2.05) is 36.4 Å². The predicted molar refractivity (Wildman–Crippen MR) is 120 cm³/mol. The van der Waals surface area contributed by atoms with Gasteiger partial charge in [-0.1, -0.05) is 47.5 Å². The number of hydrogen-bond acceptors (Lipinski definition) is 5. The summed E-state index contributed by atoms with van der Waals surface area (Å²) in [5, 5.41) is 15.5. The number of aliphatic hydroxyl groups excluding tert-OH is 1. The van der Waals surface area contributed by atoms with Crippen molar-refractivity contribution in [3.8, 4) is 23.1 Å². The summed E-state index contributed by atoms with van der Waals surface area (Å²) in [5.74, 6) is 2.09. The third-order valence-electron chi connectivity index (χ3n) is 5.01. The molecule has 0 bridgehead atoms. The highest BCUT2D eigenvalue weighted by Gasteiger charge is 2.24. The fourth-order valence-electron chi connectivity index (χ4n) is 3.35. The zero-order valence-electron chi connectivity index (χ0n) is 17.1. The van der Waals surface area contributed by atoms with E-state index in [0.717, 1.165) is 23.3 Å². The molecule has 0 fully saturated rings. The summed E-state index contributed by atoms with van der Waals surface area (Å²) in [6.07, 6.45) is 4.66. The van der Waals surface area contributed by atoms with Crippen molar-refractivity contribution in [2.75, 3.05) is 7.11 Å². The minimum atomic E-state index is -0.641. The number of nitrogens with zero attached hydrogens (tertiary/aromatic N) is 2. The van der Waals surface area contributed by atoms with Crippen LogP contribution in [0.1, 0.15) is 35.8 Å². The summed E-state index contributed by atoms with van der Waals surface area (Å²) < 4.78 is 18.8. The third-order valence-corrected chi connectivity index (χ3v) is 5.60. The molecule has 1 aliphatic carbocycles. The van der Waals surface area contributed by atoms with Crippen molar-refractivity contribution in [3.05, 3.63) is 69.3 Å².